The van der Waals surface area contributed by atoms with E-state index in [1.807, 2.05) is 6.07 Å². The van der Waals surface area contributed by atoms with Crippen LogP contribution in [0.2, 0.25) is 5.02 Å². The fraction of sp³-hybridized carbons (Fsp3) is 0.619. The van der Waals surface area contributed by atoms with Crippen molar-refractivity contribution in [3.63, 3.8) is 0 Å². The first-order valence-electron chi connectivity index (χ1n) is 10.0. The lowest BCUT2D eigenvalue weighted by molar-refractivity contribution is -0.117. The zero-order valence-electron chi connectivity index (χ0n) is 16.7. The minimum atomic E-state index is -0.0462. The normalized spacial score (nSPS) is 24.6. The van der Waals surface area contributed by atoms with E-state index in [0.29, 0.717) is 40.9 Å². The zero-order valence-corrected chi connectivity index (χ0v) is 17.4. The molecule has 1 aromatic carbocycles. The fourth-order valence-electron chi connectivity index (χ4n) is 4.21. The summed E-state index contributed by atoms with van der Waals surface area (Å²) in [4.78, 5) is 17.1. The van der Waals surface area contributed by atoms with Gasteiger partial charge in [-0.2, -0.15) is 5.26 Å². The van der Waals surface area contributed by atoms with Crippen LogP contribution in [-0.4, -0.2) is 67.2 Å². The van der Waals surface area contributed by atoms with Crippen molar-refractivity contribution in [1.29, 1.82) is 5.26 Å². The maximum Gasteiger partial charge on any atom is 0.238 e. The molecule has 0 bridgehead atoms. The summed E-state index contributed by atoms with van der Waals surface area (Å²) < 4.78 is 5.82. The summed E-state index contributed by atoms with van der Waals surface area (Å²) in [5.41, 5.74) is 1.03. The predicted molar refractivity (Wildman–Crippen MR) is 110 cm³/mol. The lowest BCUT2D eigenvalue weighted by atomic mass is 9.95. The first-order valence-corrected chi connectivity index (χ1v) is 10.4. The molecular formula is C21H29ClN4O2. The molecule has 0 radical (unpaired) electrons. The Bertz CT molecular complexity index is 718. The number of morpholine rings is 1. The van der Waals surface area contributed by atoms with Crippen molar-refractivity contribution in [3.8, 4) is 6.07 Å². The van der Waals surface area contributed by atoms with Gasteiger partial charge in [-0.1, -0.05) is 11.6 Å². The molecule has 2 atom stereocenters. The van der Waals surface area contributed by atoms with Gasteiger partial charge in [0.1, 0.15) is 6.07 Å². The predicted octanol–water partition coefficient (Wildman–Crippen LogP) is 2.97. The van der Waals surface area contributed by atoms with Crippen LogP contribution in [0.25, 0.3) is 0 Å². The molecule has 3 rings (SSSR count). The number of amides is 1. The van der Waals surface area contributed by atoms with Gasteiger partial charge in [0.25, 0.3) is 0 Å². The Balaban J connectivity index is 1.41. The number of piperidine rings is 1. The van der Waals surface area contributed by atoms with Gasteiger partial charge in [-0.3, -0.25) is 14.6 Å². The van der Waals surface area contributed by atoms with Crippen molar-refractivity contribution in [2.24, 2.45) is 5.92 Å². The van der Waals surface area contributed by atoms with Crippen LogP contribution in [0.1, 0.15) is 32.3 Å². The topological polar surface area (TPSA) is 68.6 Å². The number of carbonyl (C=O) groups is 1. The van der Waals surface area contributed by atoms with E-state index in [-0.39, 0.29) is 5.91 Å². The first kappa shape index (κ1) is 21.1. The van der Waals surface area contributed by atoms with Crippen LogP contribution in [0, 0.1) is 17.2 Å². The van der Waals surface area contributed by atoms with E-state index in [9.17, 15) is 4.79 Å². The molecule has 6 nitrogen and oxygen atoms in total. The largest absolute Gasteiger partial charge is 0.373 e. The molecule has 2 aliphatic heterocycles. The number of benzene rings is 1. The Morgan fingerprint density at radius 2 is 1.93 bits per heavy atom. The maximum atomic E-state index is 12.3. The van der Waals surface area contributed by atoms with Crippen LogP contribution in [0.3, 0.4) is 0 Å². The molecule has 0 spiro atoms. The van der Waals surface area contributed by atoms with Crippen molar-refractivity contribution in [2.45, 2.75) is 38.9 Å². The Morgan fingerprint density at radius 3 is 2.54 bits per heavy atom. The van der Waals surface area contributed by atoms with Gasteiger partial charge >= 0.3 is 0 Å². The lowest BCUT2D eigenvalue weighted by Gasteiger charge is -2.39. The van der Waals surface area contributed by atoms with Gasteiger partial charge in [-0.25, -0.2) is 0 Å². The quantitative estimate of drug-likeness (QED) is 0.817. The second-order valence-corrected chi connectivity index (χ2v) is 8.46. The van der Waals surface area contributed by atoms with Crippen LogP contribution in [0.5, 0.6) is 0 Å². The SMILES string of the molecule is CC1CN(CC2CCN(CC(=O)Nc3ccc(C#N)c(Cl)c3)CC2)CC(C)O1. The number of ether oxygens (including phenoxy) is 1. The van der Waals surface area contributed by atoms with Crippen molar-refractivity contribution in [2.75, 3.05) is 44.6 Å². The Labute approximate surface area is 172 Å². The van der Waals surface area contributed by atoms with Crippen LogP contribution in [-0.2, 0) is 9.53 Å². The van der Waals surface area contributed by atoms with Gasteiger partial charge in [0.15, 0.2) is 0 Å². The van der Waals surface area contributed by atoms with E-state index < -0.39 is 0 Å². The third-order valence-electron chi connectivity index (χ3n) is 5.46. The van der Waals surface area contributed by atoms with Gasteiger partial charge in [0.2, 0.25) is 5.91 Å². The third-order valence-corrected chi connectivity index (χ3v) is 5.77. The van der Waals surface area contributed by atoms with Gasteiger partial charge in [-0.15, -0.1) is 0 Å². The molecule has 2 unspecified atom stereocenters. The van der Waals surface area contributed by atoms with Gasteiger partial charge < -0.3 is 10.1 Å². The summed E-state index contributed by atoms with van der Waals surface area (Å²) in [6.07, 6.45) is 2.86. The molecule has 2 aliphatic rings. The molecule has 2 heterocycles. The lowest BCUT2D eigenvalue weighted by Crippen LogP contribution is -2.48. The third kappa shape index (κ3) is 5.92. The summed E-state index contributed by atoms with van der Waals surface area (Å²) in [5, 5.41) is 12.1. The number of nitrogens with zero attached hydrogens (tertiary/aromatic N) is 3. The van der Waals surface area contributed by atoms with E-state index >= 15 is 0 Å². The number of nitriles is 1. The smallest absolute Gasteiger partial charge is 0.238 e. The molecule has 1 aromatic rings. The van der Waals surface area contributed by atoms with Crippen LogP contribution in [0.4, 0.5) is 5.69 Å². The van der Waals surface area contributed by atoms with Crippen molar-refractivity contribution in [1.82, 2.24) is 9.80 Å². The summed E-state index contributed by atoms with van der Waals surface area (Å²) >= 11 is 6.02. The van der Waals surface area contributed by atoms with E-state index in [0.717, 1.165) is 45.6 Å². The van der Waals surface area contributed by atoms with E-state index in [4.69, 9.17) is 21.6 Å². The summed E-state index contributed by atoms with van der Waals surface area (Å²) in [5.74, 6) is 0.643. The molecule has 0 saturated carbocycles. The molecule has 7 heteroatoms. The van der Waals surface area contributed by atoms with Gasteiger partial charge in [-0.05, 0) is 63.9 Å². The fourth-order valence-corrected chi connectivity index (χ4v) is 4.44. The van der Waals surface area contributed by atoms with Gasteiger partial charge in [0.05, 0.1) is 29.3 Å². The number of anilines is 1. The average Bonchev–Trinajstić information content (AvgIpc) is 2.62. The number of rotatable bonds is 5. The molecule has 152 valence electrons. The standard InChI is InChI=1S/C21H29ClN4O2/c1-15-11-26(12-16(2)28-15)13-17-5-7-25(8-6-17)14-21(27)24-19-4-3-18(10-23)20(22)9-19/h3-4,9,15-17H,5-8,11-14H2,1-2H3,(H,24,27). The average molecular weight is 405 g/mol. The highest BCUT2D eigenvalue weighted by molar-refractivity contribution is 6.32. The molecule has 1 amide bonds. The highest BCUT2D eigenvalue weighted by atomic mass is 35.5. The second-order valence-electron chi connectivity index (χ2n) is 8.05. The van der Waals surface area contributed by atoms with Crippen LogP contribution >= 0.6 is 11.6 Å². The van der Waals surface area contributed by atoms with Crippen molar-refractivity contribution < 1.29 is 9.53 Å². The highest BCUT2D eigenvalue weighted by Crippen LogP contribution is 2.22. The molecule has 2 fully saturated rings. The molecule has 2 saturated heterocycles. The van der Waals surface area contributed by atoms with Crippen molar-refractivity contribution in [3.05, 3.63) is 28.8 Å². The monoisotopic (exact) mass is 404 g/mol. The minimum absolute atomic E-state index is 0.0462. The Hall–Kier alpha value is -1.65. The zero-order chi connectivity index (χ0) is 20.1. The van der Waals surface area contributed by atoms with E-state index in [1.165, 1.54) is 0 Å². The van der Waals surface area contributed by atoms with Gasteiger partial charge in [0, 0.05) is 25.3 Å². The summed E-state index contributed by atoms with van der Waals surface area (Å²) in [6, 6.07) is 6.96. The van der Waals surface area contributed by atoms with Crippen LogP contribution in [0.15, 0.2) is 18.2 Å². The number of hydrogen-bond acceptors (Lipinski definition) is 5. The van der Waals surface area contributed by atoms with E-state index in [1.54, 1.807) is 18.2 Å². The molecule has 1 N–H and O–H groups in total. The second kappa shape index (κ2) is 9.71. The molecular weight excluding hydrogens is 376 g/mol. The molecule has 0 aliphatic carbocycles. The van der Waals surface area contributed by atoms with Crippen molar-refractivity contribution >= 4 is 23.2 Å². The molecule has 28 heavy (non-hydrogen) atoms. The Morgan fingerprint density at radius 1 is 1.25 bits per heavy atom. The van der Waals surface area contributed by atoms with E-state index in [2.05, 4.69) is 29.0 Å². The number of nitrogens with one attached hydrogen (secondary N) is 1. The summed E-state index contributed by atoms with van der Waals surface area (Å²) in [6.45, 7) is 9.72. The number of carbonyl (C=O) groups excluding carboxylic acids is 1. The molecule has 0 aromatic heterocycles. The maximum absolute atomic E-state index is 12.3. The first-order chi connectivity index (χ1) is 13.4. The number of likely N-dealkylation sites (tertiary alicyclic amines) is 1. The number of hydrogen-bond donors (Lipinski definition) is 1. The minimum Gasteiger partial charge on any atom is -0.373 e. The Kier molecular flexibility index (Phi) is 7.30. The number of halogens is 1. The summed E-state index contributed by atoms with van der Waals surface area (Å²) in [7, 11) is 0. The van der Waals surface area contributed by atoms with Crippen LogP contribution < -0.4 is 5.32 Å². The highest BCUT2D eigenvalue weighted by Gasteiger charge is 2.27.